The number of carbonyl (C=O) groups excluding carboxylic acids is 1. The van der Waals surface area contributed by atoms with Crippen LogP contribution in [0.25, 0.3) is 0 Å². The van der Waals surface area contributed by atoms with E-state index in [1.165, 1.54) is 0 Å². The van der Waals surface area contributed by atoms with E-state index in [0.717, 1.165) is 5.75 Å². The number of nitrogens with zero attached hydrogens (tertiary/aromatic N) is 1. The van der Waals surface area contributed by atoms with E-state index in [2.05, 4.69) is 5.32 Å². The summed E-state index contributed by atoms with van der Waals surface area (Å²) in [5, 5.41) is 11.5. The molecule has 0 aliphatic heterocycles. The summed E-state index contributed by atoms with van der Waals surface area (Å²) in [6.45, 7) is 0. The first kappa shape index (κ1) is 11.6. The van der Waals surface area contributed by atoms with Crippen molar-refractivity contribution in [3.8, 4) is 6.07 Å². The maximum Gasteiger partial charge on any atom is 0.225 e. The normalized spacial score (nSPS) is 9.33. The lowest BCUT2D eigenvalue weighted by atomic mass is 10.2. The van der Waals surface area contributed by atoms with Crippen LogP contribution in [0.2, 0.25) is 0 Å². The molecule has 0 unspecified atom stereocenters. The molecule has 0 aromatic heterocycles. The molecule has 0 radical (unpaired) electrons. The van der Waals surface area contributed by atoms with Crippen LogP contribution >= 0.6 is 11.8 Å². The van der Waals surface area contributed by atoms with E-state index >= 15 is 0 Å². The molecule has 1 aromatic rings. The lowest BCUT2D eigenvalue weighted by Gasteiger charge is -2.05. The Morgan fingerprint density at radius 2 is 2.27 bits per heavy atom. The molecule has 4 heteroatoms. The molecular formula is C11H12N2OS. The van der Waals surface area contributed by atoms with Gasteiger partial charge in [0, 0.05) is 12.2 Å². The van der Waals surface area contributed by atoms with Gasteiger partial charge in [-0.25, -0.2) is 0 Å². The Balaban J connectivity index is 2.64. The summed E-state index contributed by atoms with van der Waals surface area (Å²) < 4.78 is 0. The number of para-hydroxylation sites is 1. The van der Waals surface area contributed by atoms with Crippen molar-refractivity contribution in [3.63, 3.8) is 0 Å². The molecule has 1 amide bonds. The summed E-state index contributed by atoms with van der Waals surface area (Å²) in [6.07, 6.45) is 2.43. The van der Waals surface area contributed by atoms with E-state index in [0.29, 0.717) is 17.7 Å². The van der Waals surface area contributed by atoms with E-state index in [9.17, 15) is 4.79 Å². The van der Waals surface area contributed by atoms with E-state index in [-0.39, 0.29) is 5.91 Å². The highest BCUT2D eigenvalue weighted by Gasteiger charge is 2.04. The number of carbonyl (C=O) groups is 1. The van der Waals surface area contributed by atoms with E-state index in [1.807, 2.05) is 12.3 Å². The second-order valence-electron chi connectivity index (χ2n) is 2.95. The average molecular weight is 220 g/mol. The molecule has 1 rings (SSSR count). The molecule has 78 valence electrons. The summed E-state index contributed by atoms with van der Waals surface area (Å²) in [4.78, 5) is 11.4. The highest BCUT2D eigenvalue weighted by Crippen LogP contribution is 2.13. The number of hydrogen-bond acceptors (Lipinski definition) is 3. The van der Waals surface area contributed by atoms with Gasteiger partial charge in [-0.05, 0) is 18.4 Å². The maximum atomic E-state index is 11.4. The summed E-state index contributed by atoms with van der Waals surface area (Å²) in [5.41, 5.74) is 1.08. The smallest absolute Gasteiger partial charge is 0.225 e. The predicted octanol–water partition coefficient (Wildman–Crippen LogP) is 2.25. The zero-order chi connectivity index (χ0) is 11.1. The molecule has 0 aliphatic rings. The predicted molar refractivity (Wildman–Crippen MR) is 62.8 cm³/mol. The second-order valence-corrected chi connectivity index (χ2v) is 3.93. The summed E-state index contributed by atoms with van der Waals surface area (Å²) >= 11 is 1.62. The van der Waals surface area contributed by atoms with Crippen molar-refractivity contribution in [2.75, 3.05) is 17.3 Å². The third-order valence-corrected chi connectivity index (χ3v) is 2.47. The van der Waals surface area contributed by atoms with Gasteiger partial charge in [-0.1, -0.05) is 12.1 Å². The van der Waals surface area contributed by atoms with Crippen molar-refractivity contribution in [2.45, 2.75) is 6.42 Å². The van der Waals surface area contributed by atoms with Crippen molar-refractivity contribution in [1.82, 2.24) is 0 Å². The monoisotopic (exact) mass is 220 g/mol. The molecule has 0 bridgehead atoms. The fraction of sp³-hybridized carbons (Fsp3) is 0.273. The number of amides is 1. The Morgan fingerprint density at radius 1 is 1.53 bits per heavy atom. The van der Waals surface area contributed by atoms with Crippen molar-refractivity contribution >= 4 is 23.4 Å². The van der Waals surface area contributed by atoms with Crippen LogP contribution in [-0.4, -0.2) is 17.9 Å². The minimum Gasteiger partial charge on any atom is -0.325 e. The van der Waals surface area contributed by atoms with Crippen LogP contribution < -0.4 is 5.32 Å². The molecule has 0 heterocycles. The Bertz CT molecular complexity index is 384. The van der Waals surface area contributed by atoms with Crippen LogP contribution in [0.5, 0.6) is 0 Å². The van der Waals surface area contributed by atoms with Gasteiger partial charge in [0.2, 0.25) is 5.91 Å². The lowest BCUT2D eigenvalue weighted by Crippen LogP contribution is -2.12. The molecule has 0 atom stereocenters. The van der Waals surface area contributed by atoms with E-state index in [4.69, 9.17) is 5.26 Å². The van der Waals surface area contributed by atoms with Gasteiger partial charge in [-0.2, -0.15) is 17.0 Å². The molecule has 3 nitrogen and oxygen atoms in total. The first-order valence-electron chi connectivity index (χ1n) is 4.56. The zero-order valence-electron chi connectivity index (χ0n) is 8.49. The largest absolute Gasteiger partial charge is 0.325 e. The first-order valence-corrected chi connectivity index (χ1v) is 5.95. The van der Waals surface area contributed by atoms with Crippen molar-refractivity contribution in [2.24, 2.45) is 0 Å². The third-order valence-electron chi connectivity index (χ3n) is 1.85. The van der Waals surface area contributed by atoms with Crippen LogP contribution in [0.15, 0.2) is 24.3 Å². The highest BCUT2D eigenvalue weighted by atomic mass is 32.2. The third kappa shape index (κ3) is 3.64. The van der Waals surface area contributed by atoms with Crippen LogP contribution in [0, 0.1) is 11.3 Å². The van der Waals surface area contributed by atoms with Gasteiger partial charge in [-0.3, -0.25) is 4.79 Å². The Kier molecular flexibility index (Phi) is 4.72. The molecule has 0 saturated heterocycles. The number of nitriles is 1. The molecule has 1 aromatic carbocycles. The quantitative estimate of drug-likeness (QED) is 0.846. The molecule has 1 N–H and O–H groups in total. The molecule has 0 spiro atoms. The number of rotatable bonds is 4. The maximum absolute atomic E-state index is 11.4. The van der Waals surface area contributed by atoms with Crippen LogP contribution in [0.1, 0.15) is 12.0 Å². The summed E-state index contributed by atoms with van der Waals surface area (Å²) in [5.74, 6) is 0.743. The highest BCUT2D eigenvalue weighted by molar-refractivity contribution is 7.98. The Morgan fingerprint density at radius 3 is 2.93 bits per heavy atom. The summed E-state index contributed by atoms with van der Waals surface area (Å²) in [7, 11) is 0. The fourth-order valence-electron chi connectivity index (χ4n) is 1.10. The van der Waals surface area contributed by atoms with Gasteiger partial charge in [0.25, 0.3) is 0 Å². The molecular weight excluding hydrogens is 208 g/mol. The van der Waals surface area contributed by atoms with Gasteiger partial charge in [0.1, 0.15) is 6.07 Å². The first-order chi connectivity index (χ1) is 7.27. The number of nitrogens with one attached hydrogen (secondary N) is 1. The number of hydrogen-bond donors (Lipinski definition) is 1. The Labute approximate surface area is 93.5 Å². The number of benzene rings is 1. The minimum atomic E-state index is -0.0490. The van der Waals surface area contributed by atoms with Gasteiger partial charge in [0.15, 0.2) is 0 Å². The van der Waals surface area contributed by atoms with Gasteiger partial charge < -0.3 is 5.32 Å². The lowest BCUT2D eigenvalue weighted by molar-refractivity contribution is -0.115. The van der Waals surface area contributed by atoms with Crippen LogP contribution in [0.4, 0.5) is 5.69 Å². The van der Waals surface area contributed by atoms with Gasteiger partial charge >= 0.3 is 0 Å². The van der Waals surface area contributed by atoms with E-state index < -0.39 is 0 Å². The SMILES string of the molecule is CSCCC(=O)Nc1ccccc1C#N. The average Bonchev–Trinajstić information content (AvgIpc) is 2.27. The molecule has 15 heavy (non-hydrogen) atoms. The van der Waals surface area contributed by atoms with Crippen LogP contribution in [0.3, 0.4) is 0 Å². The topological polar surface area (TPSA) is 52.9 Å². The van der Waals surface area contributed by atoms with Crippen molar-refractivity contribution in [3.05, 3.63) is 29.8 Å². The van der Waals surface area contributed by atoms with Gasteiger partial charge in [0.05, 0.1) is 11.3 Å². The standard InChI is InChI=1S/C11H12N2OS/c1-15-7-6-11(14)13-10-5-3-2-4-9(10)8-12/h2-5H,6-7H2,1H3,(H,13,14). The molecule has 0 saturated carbocycles. The van der Waals surface area contributed by atoms with E-state index in [1.54, 1.807) is 36.0 Å². The van der Waals surface area contributed by atoms with Crippen molar-refractivity contribution < 1.29 is 4.79 Å². The molecule has 0 fully saturated rings. The zero-order valence-corrected chi connectivity index (χ0v) is 9.30. The molecule has 0 aliphatic carbocycles. The number of thioether (sulfide) groups is 1. The van der Waals surface area contributed by atoms with Crippen LogP contribution in [-0.2, 0) is 4.79 Å². The van der Waals surface area contributed by atoms with Gasteiger partial charge in [-0.15, -0.1) is 0 Å². The fourth-order valence-corrected chi connectivity index (χ4v) is 1.49. The minimum absolute atomic E-state index is 0.0490. The second kappa shape index (κ2) is 6.10. The number of anilines is 1. The van der Waals surface area contributed by atoms with Crippen molar-refractivity contribution in [1.29, 1.82) is 5.26 Å². The summed E-state index contributed by atoms with van der Waals surface area (Å²) in [6, 6.07) is 9.02. The Hall–Kier alpha value is -1.47.